The van der Waals surface area contributed by atoms with Crippen LogP contribution >= 0.6 is 0 Å². The van der Waals surface area contributed by atoms with Gasteiger partial charge in [-0.3, -0.25) is 4.79 Å². The van der Waals surface area contributed by atoms with Crippen LogP contribution in [0.15, 0.2) is 65.2 Å². The Morgan fingerprint density at radius 1 is 1.04 bits per heavy atom. The molecule has 3 rings (SSSR count). The van der Waals surface area contributed by atoms with Crippen molar-refractivity contribution in [3.05, 3.63) is 72.1 Å². The zero-order valence-corrected chi connectivity index (χ0v) is 14.8. The van der Waals surface area contributed by atoms with Crippen molar-refractivity contribution in [3.8, 4) is 11.5 Å². The van der Waals surface area contributed by atoms with E-state index in [1.807, 2.05) is 30.3 Å². The van der Waals surface area contributed by atoms with Crippen LogP contribution in [0.4, 0.5) is 5.69 Å². The molecular formula is C20H18N2O5. The van der Waals surface area contributed by atoms with E-state index >= 15 is 0 Å². The van der Waals surface area contributed by atoms with E-state index in [1.165, 1.54) is 13.0 Å². The van der Waals surface area contributed by atoms with Crippen LogP contribution in [0, 0.1) is 6.92 Å². The number of hydrogen-bond donors (Lipinski definition) is 1. The Kier molecular flexibility index (Phi) is 5.51. The van der Waals surface area contributed by atoms with Gasteiger partial charge < -0.3 is 19.3 Å². The average molecular weight is 366 g/mol. The minimum atomic E-state index is -0.997. The minimum absolute atomic E-state index is 0.0467. The molecule has 0 fully saturated rings. The number of anilines is 1. The highest BCUT2D eigenvalue weighted by atomic mass is 16.6. The lowest BCUT2D eigenvalue weighted by molar-refractivity contribution is -0.123. The molecule has 0 aliphatic carbocycles. The number of rotatable bonds is 6. The summed E-state index contributed by atoms with van der Waals surface area (Å²) < 4.78 is 15.6. The first-order valence-electron chi connectivity index (χ1n) is 8.29. The third-order valence-electron chi connectivity index (χ3n) is 3.58. The maximum absolute atomic E-state index is 12.2. The lowest BCUT2D eigenvalue weighted by Crippen LogP contribution is -2.29. The molecule has 1 aromatic heterocycles. The molecule has 7 heteroatoms. The molecule has 1 atom stereocenters. The van der Waals surface area contributed by atoms with Crippen molar-refractivity contribution in [1.29, 1.82) is 0 Å². The van der Waals surface area contributed by atoms with E-state index in [-0.39, 0.29) is 5.76 Å². The third kappa shape index (κ3) is 4.94. The van der Waals surface area contributed by atoms with Crippen molar-refractivity contribution in [1.82, 2.24) is 5.16 Å². The van der Waals surface area contributed by atoms with Crippen LogP contribution in [0.2, 0.25) is 0 Å². The first kappa shape index (κ1) is 18.2. The van der Waals surface area contributed by atoms with E-state index < -0.39 is 18.0 Å². The van der Waals surface area contributed by atoms with Crippen LogP contribution in [0.25, 0.3) is 0 Å². The van der Waals surface area contributed by atoms with Crippen molar-refractivity contribution < 1.29 is 23.6 Å². The highest BCUT2D eigenvalue weighted by Gasteiger charge is 2.21. The van der Waals surface area contributed by atoms with Crippen LogP contribution in [0.5, 0.6) is 11.5 Å². The summed E-state index contributed by atoms with van der Waals surface area (Å²) in [5.41, 5.74) is 1.11. The number of nitrogens with one attached hydrogen (secondary N) is 1. The molecule has 1 unspecified atom stereocenters. The van der Waals surface area contributed by atoms with Crippen molar-refractivity contribution in [2.45, 2.75) is 20.0 Å². The fourth-order valence-corrected chi connectivity index (χ4v) is 2.21. The van der Waals surface area contributed by atoms with Gasteiger partial charge in [0.2, 0.25) is 5.76 Å². The molecule has 27 heavy (non-hydrogen) atoms. The smallest absolute Gasteiger partial charge is 0.377 e. The second-order valence-electron chi connectivity index (χ2n) is 5.81. The number of aryl methyl sites for hydroxylation is 1. The predicted molar refractivity (Wildman–Crippen MR) is 97.7 cm³/mol. The molecule has 1 heterocycles. The average Bonchev–Trinajstić information content (AvgIpc) is 3.10. The topological polar surface area (TPSA) is 90.7 Å². The molecule has 0 spiro atoms. The lowest BCUT2D eigenvalue weighted by atomic mass is 10.2. The van der Waals surface area contributed by atoms with E-state index in [4.69, 9.17) is 14.0 Å². The highest BCUT2D eigenvalue weighted by Crippen LogP contribution is 2.22. The number of carbonyl (C=O) groups excluding carboxylic acids is 2. The van der Waals surface area contributed by atoms with Crippen molar-refractivity contribution in [2.24, 2.45) is 0 Å². The van der Waals surface area contributed by atoms with E-state index in [2.05, 4.69) is 10.5 Å². The van der Waals surface area contributed by atoms with Gasteiger partial charge in [-0.05, 0) is 50.2 Å². The Morgan fingerprint density at radius 2 is 1.70 bits per heavy atom. The number of nitrogens with zero attached hydrogens (tertiary/aromatic N) is 1. The van der Waals surface area contributed by atoms with E-state index in [9.17, 15) is 9.59 Å². The number of carbonyl (C=O) groups is 2. The third-order valence-corrected chi connectivity index (χ3v) is 3.58. The van der Waals surface area contributed by atoms with Gasteiger partial charge in [0.25, 0.3) is 5.91 Å². The summed E-state index contributed by atoms with van der Waals surface area (Å²) in [7, 11) is 0. The largest absolute Gasteiger partial charge is 0.457 e. The van der Waals surface area contributed by atoms with E-state index in [0.29, 0.717) is 17.1 Å². The molecule has 138 valence electrons. The van der Waals surface area contributed by atoms with Crippen molar-refractivity contribution in [3.63, 3.8) is 0 Å². The normalized spacial score (nSPS) is 11.5. The molecule has 0 saturated carbocycles. The molecular weight excluding hydrogens is 348 g/mol. The summed E-state index contributed by atoms with van der Waals surface area (Å²) in [5.74, 6) is 0.104. The maximum atomic E-state index is 12.2. The number of amides is 1. The molecule has 3 aromatic rings. The molecule has 0 bridgehead atoms. The summed E-state index contributed by atoms with van der Waals surface area (Å²) in [6.07, 6.45) is -0.997. The Hall–Kier alpha value is -3.61. The Balaban J connectivity index is 1.54. The van der Waals surface area contributed by atoms with Crippen molar-refractivity contribution >= 4 is 17.6 Å². The number of aromatic nitrogens is 1. The Bertz CT molecular complexity index is 919. The lowest BCUT2D eigenvalue weighted by Gasteiger charge is -2.13. The van der Waals surface area contributed by atoms with Gasteiger partial charge in [-0.25, -0.2) is 4.79 Å². The number of para-hydroxylation sites is 1. The fraction of sp³-hybridized carbons (Fsp3) is 0.150. The first-order chi connectivity index (χ1) is 13.0. The Morgan fingerprint density at radius 3 is 2.33 bits per heavy atom. The molecule has 0 aliphatic rings. The zero-order chi connectivity index (χ0) is 19.2. The van der Waals surface area contributed by atoms with E-state index in [1.54, 1.807) is 31.2 Å². The van der Waals surface area contributed by atoms with Gasteiger partial charge in [0, 0.05) is 11.8 Å². The zero-order valence-electron chi connectivity index (χ0n) is 14.8. The van der Waals surface area contributed by atoms with Gasteiger partial charge in [-0.1, -0.05) is 23.4 Å². The molecule has 0 aliphatic heterocycles. The van der Waals surface area contributed by atoms with Crippen LogP contribution in [0.1, 0.15) is 23.2 Å². The quantitative estimate of drug-likeness (QED) is 0.664. The standard InChI is InChI=1S/C20H18N2O5/c1-13-12-18(27-22-13)20(24)25-14(2)19(23)21-15-8-10-17(11-9-15)26-16-6-4-3-5-7-16/h3-12,14H,1-2H3,(H,21,23). The number of hydrogen-bond acceptors (Lipinski definition) is 6. The molecule has 1 amide bonds. The van der Waals surface area contributed by atoms with Gasteiger partial charge in [0.05, 0.1) is 5.69 Å². The maximum Gasteiger partial charge on any atom is 0.377 e. The van der Waals surface area contributed by atoms with Crippen LogP contribution in [-0.4, -0.2) is 23.1 Å². The second kappa shape index (κ2) is 8.18. The van der Waals surface area contributed by atoms with Crippen molar-refractivity contribution in [2.75, 3.05) is 5.32 Å². The van der Waals surface area contributed by atoms with Gasteiger partial charge in [-0.15, -0.1) is 0 Å². The van der Waals surface area contributed by atoms with Gasteiger partial charge in [0.1, 0.15) is 11.5 Å². The summed E-state index contributed by atoms with van der Waals surface area (Å²) >= 11 is 0. The summed E-state index contributed by atoms with van der Waals surface area (Å²) in [6, 6.07) is 17.7. The minimum Gasteiger partial charge on any atom is -0.457 e. The number of benzene rings is 2. The van der Waals surface area contributed by atoms with Crippen LogP contribution < -0.4 is 10.1 Å². The molecule has 1 N–H and O–H groups in total. The van der Waals surface area contributed by atoms with Gasteiger partial charge in [0.15, 0.2) is 6.10 Å². The van der Waals surface area contributed by atoms with Gasteiger partial charge >= 0.3 is 5.97 Å². The van der Waals surface area contributed by atoms with E-state index in [0.717, 1.165) is 5.75 Å². The first-order valence-corrected chi connectivity index (χ1v) is 8.29. The monoisotopic (exact) mass is 366 g/mol. The molecule has 2 aromatic carbocycles. The molecule has 7 nitrogen and oxygen atoms in total. The molecule has 0 saturated heterocycles. The SMILES string of the molecule is Cc1cc(C(=O)OC(C)C(=O)Nc2ccc(Oc3ccccc3)cc2)on1. The predicted octanol–water partition coefficient (Wildman–Crippen LogP) is 3.96. The summed E-state index contributed by atoms with van der Waals surface area (Å²) in [6.45, 7) is 3.16. The summed E-state index contributed by atoms with van der Waals surface area (Å²) in [5, 5.41) is 6.28. The summed E-state index contributed by atoms with van der Waals surface area (Å²) in [4.78, 5) is 24.1. The fourth-order valence-electron chi connectivity index (χ4n) is 2.21. The molecule has 0 radical (unpaired) electrons. The second-order valence-corrected chi connectivity index (χ2v) is 5.81. The van der Waals surface area contributed by atoms with Gasteiger partial charge in [-0.2, -0.15) is 0 Å². The Labute approximate surface area is 155 Å². The van der Waals surface area contributed by atoms with Crippen LogP contribution in [-0.2, 0) is 9.53 Å². The number of ether oxygens (including phenoxy) is 2. The highest BCUT2D eigenvalue weighted by molar-refractivity contribution is 5.96. The van der Waals surface area contributed by atoms with Crippen LogP contribution in [0.3, 0.4) is 0 Å². The number of esters is 1.